The van der Waals surface area contributed by atoms with Gasteiger partial charge in [-0.25, -0.2) is 0 Å². The van der Waals surface area contributed by atoms with E-state index in [1.165, 1.54) is 7.11 Å². The van der Waals surface area contributed by atoms with Crippen LogP contribution in [0.3, 0.4) is 0 Å². The Balaban J connectivity index is 3.08. The van der Waals surface area contributed by atoms with Crippen LogP contribution in [0.5, 0.6) is 0 Å². The van der Waals surface area contributed by atoms with Crippen LogP contribution in [0.15, 0.2) is 30.3 Å². The second kappa shape index (κ2) is 9.65. The summed E-state index contributed by atoms with van der Waals surface area (Å²) in [5, 5.41) is 0.00200. The lowest BCUT2D eigenvalue weighted by atomic mass is 9.88. The largest absolute Gasteiger partial charge is 0.469 e. The highest BCUT2D eigenvalue weighted by Crippen LogP contribution is 2.38. The summed E-state index contributed by atoms with van der Waals surface area (Å²) in [5.74, 6) is -0.757. The minimum absolute atomic E-state index is 0.00200. The third kappa shape index (κ3) is 6.89. The lowest BCUT2D eigenvalue weighted by Gasteiger charge is -2.39. The average molecular weight is 393 g/mol. The van der Waals surface area contributed by atoms with Crippen LogP contribution in [0.4, 0.5) is 0 Å². The molecule has 0 unspecified atom stereocenters. The number of carbonyl (C=O) groups excluding carboxylic acids is 2. The lowest BCUT2D eigenvalue weighted by molar-refractivity contribution is -0.149. The first-order chi connectivity index (χ1) is 12.4. The molecule has 27 heavy (non-hydrogen) atoms. The van der Waals surface area contributed by atoms with Crippen LogP contribution in [0, 0.1) is 11.8 Å². The van der Waals surface area contributed by atoms with Gasteiger partial charge < -0.3 is 9.16 Å². The molecule has 0 radical (unpaired) electrons. The van der Waals surface area contributed by atoms with Crippen molar-refractivity contribution >= 4 is 20.1 Å². The molecule has 0 aliphatic carbocycles. The Labute approximate surface area is 165 Å². The standard InChI is InChI=1S/C22H36O4Si/c1-16(2)18(21(24)25-6)15-19(23)20(14-17-12-10-9-11-13-17)26-27(7,8)22(3,4)5/h9-13,16,18,20H,14-15H2,1-8H3/t18-,20-/m0/s1. The molecule has 0 saturated heterocycles. The van der Waals surface area contributed by atoms with Crippen molar-refractivity contribution in [3.05, 3.63) is 35.9 Å². The number of Topliss-reactive ketones (excluding diaryl/α,β-unsaturated/α-hetero) is 1. The summed E-state index contributed by atoms with van der Waals surface area (Å²) in [6.45, 7) is 14.7. The van der Waals surface area contributed by atoms with E-state index in [1.807, 2.05) is 44.2 Å². The summed E-state index contributed by atoms with van der Waals surface area (Å²) in [6, 6.07) is 9.91. The van der Waals surface area contributed by atoms with E-state index in [-0.39, 0.29) is 29.1 Å². The van der Waals surface area contributed by atoms with E-state index in [0.29, 0.717) is 6.42 Å². The fourth-order valence-corrected chi connectivity index (χ4v) is 3.95. The molecule has 0 spiro atoms. The van der Waals surface area contributed by atoms with Gasteiger partial charge in [0.1, 0.15) is 6.10 Å². The molecule has 2 atom stereocenters. The van der Waals surface area contributed by atoms with Gasteiger partial charge in [-0.2, -0.15) is 0 Å². The van der Waals surface area contributed by atoms with Gasteiger partial charge in [-0.1, -0.05) is 65.0 Å². The molecule has 1 aromatic carbocycles. The molecule has 0 aliphatic heterocycles. The molecular weight excluding hydrogens is 356 g/mol. The SMILES string of the molecule is COC(=O)[C@@H](CC(=O)[C@H](Cc1ccccc1)O[Si](C)(C)C(C)(C)C)C(C)C. The van der Waals surface area contributed by atoms with Crippen LogP contribution in [0.25, 0.3) is 0 Å². The van der Waals surface area contributed by atoms with Crippen LogP contribution in [-0.4, -0.2) is 33.3 Å². The normalized spacial score (nSPS) is 14.7. The summed E-state index contributed by atoms with van der Waals surface area (Å²) in [7, 11) is -0.765. The van der Waals surface area contributed by atoms with Gasteiger partial charge in [-0.05, 0) is 29.6 Å². The van der Waals surface area contributed by atoms with Crippen LogP contribution in [0.2, 0.25) is 18.1 Å². The van der Waals surface area contributed by atoms with Crippen molar-refractivity contribution in [1.82, 2.24) is 0 Å². The zero-order valence-corrected chi connectivity index (χ0v) is 19.2. The smallest absolute Gasteiger partial charge is 0.309 e. The highest BCUT2D eigenvalue weighted by atomic mass is 28.4. The number of hydrogen-bond donors (Lipinski definition) is 0. The Kier molecular flexibility index (Phi) is 8.42. The molecule has 0 saturated carbocycles. The molecule has 1 rings (SSSR count). The van der Waals surface area contributed by atoms with E-state index in [1.54, 1.807) is 0 Å². The Hall–Kier alpha value is -1.46. The third-order valence-corrected chi connectivity index (χ3v) is 10.1. The number of methoxy groups -OCH3 is 1. The Morgan fingerprint density at radius 3 is 2.07 bits per heavy atom. The number of ether oxygens (including phenoxy) is 1. The van der Waals surface area contributed by atoms with E-state index >= 15 is 0 Å². The second-order valence-electron chi connectivity index (χ2n) is 9.10. The molecule has 0 fully saturated rings. The number of carbonyl (C=O) groups is 2. The van der Waals surface area contributed by atoms with Crippen molar-refractivity contribution in [2.75, 3.05) is 7.11 Å². The summed E-state index contributed by atoms with van der Waals surface area (Å²) in [6.07, 6.45) is 0.133. The van der Waals surface area contributed by atoms with Crippen molar-refractivity contribution in [1.29, 1.82) is 0 Å². The molecule has 0 heterocycles. The number of hydrogen-bond acceptors (Lipinski definition) is 4. The number of rotatable bonds is 9. The van der Waals surface area contributed by atoms with Crippen LogP contribution in [-0.2, 0) is 25.2 Å². The number of benzene rings is 1. The van der Waals surface area contributed by atoms with Gasteiger partial charge in [-0.3, -0.25) is 9.59 Å². The number of ketones is 1. The van der Waals surface area contributed by atoms with Crippen LogP contribution in [0.1, 0.15) is 46.6 Å². The van der Waals surface area contributed by atoms with Gasteiger partial charge in [0.25, 0.3) is 0 Å². The topological polar surface area (TPSA) is 52.6 Å². The molecule has 0 aliphatic rings. The zero-order chi connectivity index (χ0) is 20.8. The van der Waals surface area contributed by atoms with Crippen LogP contribution >= 0.6 is 0 Å². The quantitative estimate of drug-likeness (QED) is 0.437. The minimum Gasteiger partial charge on any atom is -0.469 e. The van der Waals surface area contributed by atoms with E-state index in [9.17, 15) is 9.59 Å². The first-order valence-corrected chi connectivity index (χ1v) is 12.6. The molecule has 0 amide bonds. The predicted octanol–water partition coefficient (Wildman–Crippen LogP) is 5.02. The van der Waals surface area contributed by atoms with Crippen molar-refractivity contribution in [2.24, 2.45) is 11.8 Å². The molecule has 1 aromatic rings. The van der Waals surface area contributed by atoms with Gasteiger partial charge >= 0.3 is 5.97 Å². The summed E-state index contributed by atoms with van der Waals surface area (Å²) < 4.78 is 11.4. The lowest BCUT2D eigenvalue weighted by Crippen LogP contribution is -2.47. The zero-order valence-electron chi connectivity index (χ0n) is 18.2. The molecule has 0 aromatic heterocycles. The summed E-state index contributed by atoms with van der Waals surface area (Å²) in [4.78, 5) is 25.3. The molecule has 0 N–H and O–H groups in total. The van der Waals surface area contributed by atoms with Gasteiger partial charge in [-0.15, -0.1) is 0 Å². The maximum absolute atomic E-state index is 13.2. The highest BCUT2D eigenvalue weighted by molar-refractivity contribution is 6.74. The fraction of sp³-hybridized carbons (Fsp3) is 0.636. The van der Waals surface area contributed by atoms with Gasteiger partial charge in [0, 0.05) is 12.8 Å². The van der Waals surface area contributed by atoms with E-state index < -0.39 is 20.3 Å². The van der Waals surface area contributed by atoms with Crippen molar-refractivity contribution in [3.8, 4) is 0 Å². The van der Waals surface area contributed by atoms with E-state index in [4.69, 9.17) is 9.16 Å². The Bertz CT molecular complexity index is 617. The molecular formula is C22H36O4Si. The van der Waals surface area contributed by atoms with Gasteiger partial charge in [0.15, 0.2) is 14.1 Å². The van der Waals surface area contributed by atoms with Crippen molar-refractivity contribution < 1.29 is 18.8 Å². The van der Waals surface area contributed by atoms with Crippen LogP contribution < -0.4 is 0 Å². The maximum atomic E-state index is 13.2. The molecule has 152 valence electrons. The van der Waals surface area contributed by atoms with E-state index in [0.717, 1.165) is 5.56 Å². The van der Waals surface area contributed by atoms with Crippen molar-refractivity contribution in [3.63, 3.8) is 0 Å². The Morgan fingerprint density at radius 1 is 1.07 bits per heavy atom. The molecule has 5 heteroatoms. The van der Waals surface area contributed by atoms with Gasteiger partial charge in [0.05, 0.1) is 13.0 Å². The van der Waals surface area contributed by atoms with Crippen molar-refractivity contribution in [2.45, 2.75) is 71.7 Å². The molecule has 0 bridgehead atoms. The summed E-state index contributed by atoms with van der Waals surface area (Å²) >= 11 is 0. The van der Waals surface area contributed by atoms with Gasteiger partial charge in [0.2, 0.25) is 0 Å². The predicted molar refractivity (Wildman–Crippen MR) is 112 cm³/mol. The monoisotopic (exact) mass is 392 g/mol. The highest BCUT2D eigenvalue weighted by Gasteiger charge is 2.41. The molecule has 4 nitrogen and oxygen atoms in total. The first-order valence-electron chi connectivity index (χ1n) is 9.71. The second-order valence-corrected chi connectivity index (χ2v) is 13.9. The summed E-state index contributed by atoms with van der Waals surface area (Å²) in [5.41, 5.74) is 1.06. The third-order valence-electron chi connectivity index (χ3n) is 5.60. The first kappa shape index (κ1) is 23.6. The minimum atomic E-state index is -2.14. The average Bonchev–Trinajstić information content (AvgIpc) is 2.57. The fourth-order valence-electron chi connectivity index (χ4n) is 2.67. The van der Waals surface area contributed by atoms with E-state index in [2.05, 4.69) is 33.9 Å². The maximum Gasteiger partial charge on any atom is 0.309 e. The Morgan fingerprint density at radius 2 is 1.63 bits per heavy atom. The number of esters is 1.